The molecule has 4 heteroatoms. The minimum Gasteiger partial charge on any atom is -0.313 e. The standard InChI is InChI=1S/C14H25BrN2S/c1-5-6-13(8-16-11(2)3)17(4)9-14-7-12(15)10-18-14/h7,10-11,13,16H,5-6,8-9H2,1-4H3. The van der Waals surface area contributed by atoms with Crippen LogP contribution in [0, 0.1) is 0 Å². The van der Waals surface area contributed by atoms with Crippen molar-refractivity contribution in [2.24, 2.45) is 0 Å². The van der Waals surface area contributed by atoms with Crippen molar-refractivity contribution in [2.45, 2.75) is 52.2 Å². The molecule has 0 bridgehead atoms. The van der Waals surface area contributed by atoms with Gasteiger partial charge in [0.1, 0.15) is 0 Å². The van der Waals surface area contributed by atoms with Gasteiger partial charge >= 0.3 is 0 Å². The molecule has 0 spiro atoms. The Bertz CT molecular complexity index is 338. The molecule has 0 saturated carbocycles. The van der Waals surface area contributed by atoms with E-state index in [4.69, 9.17) is 0 Å². The second-order valence-corrected chi connectivity index (χ2v) is 7.06. The third-order valence-electron chi connectivity index (χ3n) is 3.03. The van der Waals surface area contributed by atoms with Gasteiger partial charge < -0.3 is 5.32 Å². The summed E-state index contributed by atoms with van der Waals surface area (Å²) in [7, 11) is 2.23. The van der Waals surface area contributed by atoms with E-state index in [1.165, 1.54) is 22.2 Å². The summed E-state index contributed by atoms with van der Waals surface area (Å²) in [5.74, 6) is 0. The Morgan fingerprint density at radius 2 is 2.17 bits per heavy atom. The highest BCUT2D eigenvalue weighted by atomic mass is 79.9. The van der Waals surface area contributed by atoms with Crippen molar-refractivity contribution < 1.29 is 0 Å². The molecule has 0 aliphatic carbocycles. The maximum absolute atomic E-state index is 3.55. The van der Waals surface area contributed by atoms with E-state index >= 15 is 0 Å². The van der Waals surface area contributed by atoms with E-state index in [1.807, 2.05) is 11.3 Å². The topological polar surface area (TPSA) is 15.3 Å². The van der Waals surface area contributed by atoms with Gasteiger partial charge in [-0.3, -0.25) is 4.90 Å². The van der Waals surface area contributed by atoms with E-state index in [2.05, 4.69) is 65.4 Å². The monoisotopic (exact) mass is 332 g/mol. The molecule has 0 fully saturated rings. The van der Waals surface area contributed by atoms with Crippen LogP contribution in [0.5, 0.6) is 0 Å². The zero-order valence-corrected chi connectivity index (χ0v) is 14.3. The van der Waals surface area contributed by atoms with Gasteiger partial charge in [0.25, 0.3) is 0 Å². The van der Waals surface area contributed by atoms with Crippen molar-refractivity contribution in [1.29, 1.82) is 0 Å². The molecule has 0 aliphatic rings. The van der Waals surface area contributed by atoms with Crippen LogP contribution in [0.1, 0.15) is 38.5 Å². The molecule has 2 nitrogen and oxygen atoms in total. The number of rotatable bonds is 8. The average molecular weight is 333 g/mol. The maximum Gasteiger partial charge on any atom is 0.0328 e. The third kappa shape index (κ3) is 5.83. The molecule has 1 atom stereocenters. The van der Waals surface area contributed by atoms with Crippen LogP contribution in [0.15, 0.2) is 15.9 Å². The van der Waals surface area contributed by atoms with Gasteiger partial charge in [-0.25, -0.2) is 0 Å². The van der Waals surface area contributed by atoms with Crippen molar-refractivity contribution in [3.8, 4) is 0 Å². The van der Waals surface area contributed by atoms with Crippen molar-refractivity contribution >= 4 is 27.3 Å². The summed E-state index contributed by atoms with van der Waals surface area (Å²) in [4.78, 5) is 3.90. The van der Waals surface area contributed by atoms with Gasteiger partial charge in [-0.1, -0.05) is 27.2 Å². The fraction of sp³-hybridized carbons (Fsp3) is 0.714. The quantitative estimate of drug-likeness (QED) is 0.770. The van der Waals surface area contributed by atoms with Crippen molar-refractivity contribution in [3.05, 3.63) is 20.8 Å². The molecule has 0 aromatic carbocycles. The molecule has 0 saturated heterocycles. The number of nitrogens with one attached hydrogen (secondary N) is 1. The summed E-state index contributed by atoms with van der Waals surface area (Å²) >= 11 is 5.35. The largest absolute Gasteiger partial charge is 0.313 e. The van der Waals surface area contributed by atoms with Crippen molar-refractivity contribution in [1.82, 2.24) is 10.2 Å². The van der Waals surface area contributed by atoms with Crippen LogP contribution in [0.2, 0.25) is 0 Å². The predicted octanol–water partition coefficient (Wildman–Crippen LogP) is 4.11. The van der Waals surface area contributed by atoms with Gasteiger partial charge in [0, 0.05) is 39.9 Å². The van der Waals surface area contributed by atoms with Crippen LogP contribution >= 0.6 is 27.3 Å². The van der Waals surface area contributed by atoms with Crippen molar-refractivity contribution in [3.63, 3.8) is 0 Å². The van der Waals surface area contributed by atoms with Crippen molar-refractivity contribution in [2.75, 3.05) is 13.6 Å². The molecule has 104 valence electrons. The van der Waals surface area contributed by atoms with Crippen LogP contribution in [-0.2, 0) is 6.54 Å². The van der Waals surface area contributed by atoms with Gasteiger partial charge in [0.2, 0.25) is 0 Å². The van der Waals surface area contributed by atoms with Crippen LogP contribution in [-0.4, -0.2) is 30.6 Å². The van der Waals surface area contributed by atoms with E-state index in [1.54, 1.807) is 0 Å². The Morgan fingerprint density at radius 1 is 1.44 bits per heavy atom. The van der Waals surface area contributed by atoms with Gasteiger partial charge in [-0.15, -0.1) is 11.3 Å². The molecule has 1 unspecified atom stereocenters. The SMILES string of the molecule is CCCC(CNC(C)C)N(C)Cc1cc(Br)cs1. The van der Waals surface area contributed by atoms with Gasteiger partial charge in [-0.05, 0) is 35.5 Å². The number of halogens is 1. The summed E-state index contributed by atoms with van der Waals surface area (Å²) in [5, 5.41) is 5.71. The first-order valence-corrected chi connectivity index (χ1v) is 8.36. The molecule has 1 heterocycles. The molecule has 1 rings (SSSR count). The first-order valence-electron chi connectivity index (χ1n) is 6.69. The normalized spacial score (nSPS) is 13.5. The number of hydrogen-bond donors (Lipinski definition) is 1. The first-order chi connectivity index (χ1) is 8.52. The van der Waals surface area contributed by atoms with Crippen LogP contribution in [0.4, 0.5) is 0 Å². The number of likely N-dealkylation sites (N-methyl/N-ethyl adjacent to an activating group) is 1. The van der Waals surface area contributed by atoms with Gasteiger partial charge in [0.05, 0.1) is 0 Å². The summed E-state index contributed by atoms with van der Waals surface area (Å²) in [5.41, 5.74) is 0. The first kappa shape index (κ1) is 16.2. The lowest BCUT2D eigenvalue weighted by molar-refractivity contribution is 0.213. The molecule has 1 N–H and O–H groups in total. The zero-order valence-electron chi connectivity index (χ0n) is 11.9. The smallest absolute Gasteiger partial charge is 0.0328 e. The zero-order chi connectivity index (χ0) is 13.5. The summed E-state index contributed by atoms with van der Waals surface area (Å²) in [6.45, 7) is 8.80. The van der Waals surface area contributed by atoms with Crippen LogP contribution in [0.3, 0.4) is 0 Å². The minimum absolute atomic E-state index is 0.564. The molecule has 1 aromatic heterocycles. The highest BCUT2D eigenvalue weighted by Gasteiger charge is 2.15. The van der Waals surface area contributed by atoms with Gasteiger partial charge in [-0.2, -0.15) is 0 Å². The second kappa shape index (κ2) is 8.31. The Kier molecular flexibility index (Phi) is 7.46. The highest BCUT2D eigenvalue weighted by molar-refractivity contribution is 9.10. The van der Waals surface area contributed by atoms with E-state index in [9.17, 15) is 0 Å². The van der Waals surface area contributed by atoms with E-state index in [0.29, 0.717) is 12.1 Å². The number of thiophene rings is 1. The summed E-state index contributed by atoms with van der Waals surface area (Å²) in [6, 6.07) is 3.41. The lowest BCUT2D eigenvalue weighted by atomic mass is 10.1. The van der Waals surface area contributed by atoms with Crippen LogP contribution in [0.25, 0.3) is 0 Å². The molecule has 0 radical (unpaired) electrons. The van der Waals surface area contributed by atoms with E-state index in [0.717, 1.165) is 13.1 Å². The summed E-state index contributed by atoms with van der Waals surface area (Å²) < 4.78 is 1.20. The fourth-order valence-electron chi connectivity index (χ4n) is 1.99. The number of hydrogen-bond acceptors (Lipinski definition) is 3. The minimum atomic E-state index is 0.564. The number of nitrogens with zero attached hydrogens (tertiary/aromatic N) is 1. The maximum atomic E-state index is 3.55. The predicted molar refractivity (Wildman–Crippen MR) is 85.3 cm³/mol. The fourth-order valence-corrected chi connectivity index (χ4v) is 3.51. The molecule has 0 amide bonds. The molecule has 0 aliphatic heterocycles. The second-order valence-electron chi connectivity index (χ2n) is 5.15. The third-order valence-corrected chi connectivity index (χ3v) is 4.72. The Balaban J connectivity index is 2.50. The van der Waals surface area contributed by atoms with Crippen LogP contribution < -0.4 is 5.32 Å². The Labute approximate surface area is 124 Å². The van der Waals surface area contributed by atoms with Gasteiger partial charge in [0.15, 0.2) is 0 Å². The molecule has 18 heavy (non-hydrogen) atoms. The van der Waals surface area contributed by atoms with E-state index in [-0.39, 0.29) is 0 Å². The molecule has 1 aromatic rings. The lowest BCUT2D eigenvalue weighted by Gasteiger charge is -2.28. The Hall–Kier alpha value is 0.1000. The highest BCUT2D eigenvalue weighted by Crippen LogP contribution is 2.21. The molecular weight excluding hydrogens is 308 g/mol. The molecular formula is C14H25BrN2S. The lowest BCUT2D eigenvalue weighted by Crippen LogP contribution is -2.41. The average Bonchev–Trinajstić information content (AvgIpc) is 2.69. The summed E-state index contributed by atoms with van der Waals surface area (Å²) in [6.07, 6.45) is 2.49. The Morgan fingerprint density at radius 3 is 2.67 bits per heavy atom. The van der Waals surface area contributed by atoms with E-state index < -0.39 is 0 Å².